The Hall–Kier alpha value is -7.01. The van der Waals surface area contributed by atoms with E-state index in [-0.39, 0.29) is 26.1 Å². The van der Waals surface area contributed by atoms with Crippen molar-refractivity contribution < 1.29 is 24.2 Å². The molecule has 0 radical (unpaired) electrons. The third-order valence-corrected chi connectivity index (χ3v) is 10.6. The summed E-state index contributed by atoms with van der Waals surface area (Å²) >= 11 is 0. The molecule has 7 rings (SSSR count). The number of carbonyl (C=O) groups is 2. The van der Waals surface area contributed by atoms with E-state index in [4.69, 9.17) is 14.6 Å². The molecule has 10 nitrogen and oxygen atoms in total. The van der Waals surface area contributed by atoms with E-state index in [0.717, 1.165) is 33.4 Å². The van der Waals surface area contributed by atoms with Crippen LogP contribution in [-0.4, -0.2) is 51.7 Å². The SMILES string of the molecule is CC(C)(C)OC(=O)NCC[C@H](O)C(=O)Nc1cnn(CCOC(c2ccccc2)(c2ccccc2)c2ccccc2)c1NC(c1ccccc1)(c1ccccc1)c1ccccc1. The molecule has 0 bridgehead atoms. The van der Waals surface area contributed by atoms with Gasteiger partial charge in [-0.05, 0) is 60.6 Å². The van der Waals surface area contributed by atoms with Crippen LogP contribution in [0.3, 0.4) is 0 Å². The topological polar surface area (TPSA) is 127 Å². The van der Waals surface area contributed by atoms with E-state index in [1.807, 2.05) is 109 Å². The van der Waals surface area contributed by atoms with Gasteiger partial charge < -0.3 is 30.5 Å². The third kappa shape index (κ3) is 9.78. The summed E-state index contributed by atoms with van der Waals surface area (Å²) in [5.41, 5.74) is 3.45. The van der Waals surface area contributed by atoms with Crippen LogP contribution in [0.15, 0.2) is 188 Å². The first-order valence-corrected chi connectivity index (χ1v) is 20.9. The van der Waals surface area contributed by atoms with Crippen molar-refractivity contribution in [3.63, 3.8) is 0 Å². The number of anilines is 2. The summed E-state index contributed by atoms with van der Waals surface area (Å²) in [6, 6.07) is 61.0. The molecule has 0 aliphatic rings. The molecule has 0 saturated carbocycles. The van der Waals surface area contributed by atoms with Gasteiger partial charge in [0.2, 0.25) is 0 Å². The van der Waals surface area contributed by atoms with Crippen molar-refractivity contribution in [3.05, 3.63) is 222 Å². The number of nitrogens with one attached hydrogen (secondary N) is 3. The van der Waals surface area contributed by atoms with Crippen LogP contribution in [0.2, 0.25) is 0 Å². The van der Waals surface area contributed by atoms with E-state index in [2.05, 4.69) is 88.7 Å². The summed E-state index contributed by atoms with van der Waals surface area (Å²) in [5.74, 6) is -0.168. The number of alkyl carbamates (subject to hydrolysis) is 1. The van der Waals surface area contributed by atoms with E-state index in [0.29, 0.717) is 11.5 Å². The summed E-state index contributed by atoms with van der Waals surface area (Å²) in [6.07, 6.45) is -0.542. The lowest BCUT2D eigenvalue weighted by molar-refractivity contribution is -0.124. The number of aliphatic hydroxyl groups excluding tert-OH is 1. The molecule has 1 aromatic heterocycles. The minimum absolute atomic E-state index is 0.0241. The Morgan fingerprint density at radius 2 is 1.03 bits per heavy atom. The number of amides is 2. The average molecular weight is 828 g/mol. The maximum atomic E-state index is 13.8. The predicted molar refractivity (Wildman–Crippen MR) is 244 cm³/mol. The highest BCUT2D eigenvalue weighted by atomic mass is 16.6. The molecule has 0 unspecified atom stereocenters. The second-order valence-corrected chi connectivity index (χ2v) is 16.0. The lowest BCUT2D eigenvalue weighted by Crippen LogP contribution is -2.40. The molecule has 1 heterocycles. The van der Waals surface area contributed by atoms with Gasteiger partial charge in [-0.15, -0.1) is 0 Å². The van der Waals surface area contributed by atoms with Crippen LogP contribution in [0, 0.1) is 0 Å². The van der Waals surface area contributed by atoms with Crippen LogP contribution in [0.25, 0.3) is 0 Å². The number of aliphatic hydroxyl groups is 1. The Balaban J connectivity index is 1.28. The van der Waals surface area contributed by atoms with E-state index >= 15 is 0 Å². The minimum atomic E-state index is -1.45. The highest BCUT2D eigenvalue weighted by Gasteiger charge is 2.40. The molecule has 2 amide bonds. The van der Waals surface area contributed by atoms with Gasteiger partial charge in [0.1, 0.15) is 34.4 Å². The zero-order valence-corrected chi connectivity index (χ0v) is 35.3. The smallest absolute Gasteiger partial charge is 0.407 e. The highest BCUT2D eigenvalue weighted by molar-refractivity contribution is 5.96. The maximum absolute atomic E-state index is 13.8. The largest absolute Gasteiger partial charge is 0.444 e. The van der Waals surface area contributed by atoms with E-state index in [1.165, 1.54) is 0 Å². The minimum Gasteiger partial charge on any atom is -0.444 e. The number of aromatic nitrogens is 2. The predicted octanol–water partition coefficient (Wildman–Crippen LogP) is 9.51. The normalized spacial score (nSPS) is 12.3. The molecule has 4 N–H and O–H groups in total. The van der Waals surface area contributed by atoms with Gasteiger partial charge in [-0.1, -0.05) is 182 Å². The van der Waals surface area contributed by atoms with Crippen LogP contribution in [0.1, 0.15) is 60.6 Å². The zero-order chi connectivity index (χ0) is 43.4. The number of rotatable bonds is 17. The highest BCUT2D eigenvalue weighted by Crippen LogP contribution is 2.43. The lowest BCUT2D eigenvalue weighted by atomic mass is 9.77. The Bertz CT molecular complexity index is 2280. The summed E-state index contributed by atoms with van der Waals surface area (Å²) < 4.78 is 14.3. The van der Waals surface area contributed by atoms with E-state index < -0.39 is 34.8 Å². The van der Waals surface area contributed by atoms with Gasteiger partial charge in [-0.25, -0.2) is 9.48 Å². The summed E-state index contributed by atoms with van der Waals surface area (Å²) in [4.78, 5) is 26.1. The fraction of sp³-hybridized carbons (Fsp3) is 0.212. The molecule has 62 heavy (non-hydrogen) atoms. The van der Waals surface area contributed by atoms with Gasteiger partial charge in [-0.3, -0.25) is 4.79 Å². The fourth-order valence-corrected chi connectivity index (χ4v) is 7.76. The molecule has 316 valence electrons. The fourth-order valence-electron chi connectivity index (χ4n) is 7.76. The van der Waals surface area contributed by atoms with Gasteiger partial charge in [0.05, 0.1) is 19.3 Å². The van der Waals surface area contributed by atoms with Gasteiger partial charge in [0.15, 0.2) is 0 Å². The summed E-state index contributed by atoms with van der Waals surface area (Å²) in [5, 5.41) is 25.4. The molecule has 0 fully saturated rings. The Kier molecular flexibility index (Phi) is 13.6. The lowest BCUT2D eigenvalue weighted by Gasteiger charge is -2.38. The van der Waals surface area contributed by atoms with Crippen LogP contribution >= 0.6 is 0 Å². The molecule has 0 saturated heterocycles. The van der Waals surface area contributed by atoms with E-state index in [1.54, 1.807) is 31.6 Å². The second-order valence-electron chi connectivity index (χ2n) is 16.0. The molecule has 0 aliphatic carbocycles. The summed E-state index contributed by atoms with van der Waals surface area (Å²) in [7, 11) is 0. The van der Waals surface area contributed by atoms with E-state index in [9.17, 15) is 14.7 Å². The number of hydrogen-bond acceptors (Lipinski definition) is 7. The van der Waals surface area contributed by atoms with Crippen molar-refractivity contribution in [1.29, 1.82) is 0 Å². The Morgan fingerprint density at radius 3 is 1.44 bits per heavy atom. The van der Waals surface area contributed by atoms with Crippen LogP contribution in [0.4, 0.5) is 16.3 Å². The zero-order valence-electron chi connectivity index (χ0n) is 35.3. The van der Waals surface area contributed by atoms with Gasteiger partial charge in [0.25, 0.3) is 5.91 Å². The summed E-state index contributed by atoms with van der Waals surface area (Å²) in [6.45, 7) is 5.79. The number of benzene rings is 6. The standard InChI is InChI=1S/C52H53N5O5/c1-50(2,3)62-49(60)53-35-34-46(58)48(59)55-45-38-54-57(36-37-61-52(42-28-16-7-17-29-42,43-30-18-8-19-31-43)44-32-20-9-21-33-44)47(45)56-51(39-22-10-4-11-23-39,40-24-12-5-13-25-40)41-26-14-6-15-27-41/h4-33,38,46,56,58H,34-37H2,1-3H3,(H,53,60)(H,55,59)/t46-/m0/s1. The van der Waals surface area contributed by atoms with Crippen molar-refractivity contribution in [2.75, 3.05) is 23.8 Å². The van der Waals surface area contributed by atoms with Crippen molar-refractivity contribution in [3.8, 4) is 0 Å². The van der Waals surface area contributed by atoms with Crippen molar-refractivity contribution >= 4 is 23.5 Å². The number of ether oxygens (including phenoxy) is 2. The first-order chi connectivity index (χ1) is 30.1. The van der Waals surface area contributed by atoms with Crippen molar-refractivity contribution in [1.82, 2.24) is 15.1 Å². The number of nitrogens with zero attached hydrogens (tertiary/aromatic N) is 2. The first kappa shape index (κ1) is 43.1. The van der Waals surface area contributed by atoms with Crippen LogP contribution in [-0.2, 0) is 32.0 Å². The van der Waals surface area contributed by atoms with Crippen LogP contribution < -0.4 is 16.0 Å². The molecular formula is C52H53N5O5. The third-order valence-electron chi connectivity index (χ3n) is 10.6. The van der Waals surface area contributed by atoms with Gasteiger partial charge in [-0.2, -0.15) is 5.10 Å². The van der Waals surface area contributed by atoms with Gasteiger partial charge >= 0.3 is 6.09 Å². The molecule has 0 aliphatic heterocycles. The molecular weight excluding hydrogens is 775 g/mol. The average Bonchev–Trinajstić information content (AvgIpc) is 3.67. The monoisotopic (exact) mass is 827 g/mol. The second kappa shape index (κ2) is 19.6. The Morgan fingerprint density at radius 1 is 0.629 bits per heavy atom. The van der Waals surface area contributed by atoms with Gasteiger partial charge in [0, 0.05) is 6.54 Å². The molecule has 0 spiro atoms. The maximum Gasteiger partial charge on any atom is 0.407 e. The molecule has 6 aromatic carbocycles. The molecule has 1 atom stereocenters. The number of carbonyl (C=O) groups excluding carboxylic acids is 2. The van der Waals surface area contributed by atoms with Crippen LogP contribution in [0.5, 0.6) is 0 Å². The van der Waals surface area contributed by atoms with Crippen molar-refractivity contribution in [2.45, 2.75) is 56.6 Å². The molecule has 10 heteroatoms. The quantitative estimate of drug-likeness (QED) is 0.0674. The first-order valence-electron chi connectivity index (χ1n) is 20.9. The Labute approximate surface area is 363 Å². The number of hydrogen-bond donors (Lipinski definition) is 4. The molecule has 7 aromatic rings. The van der Waals surface area contributed by atoms with Crippen molar-refractivity contribution in [2.24, 2.45) is 0 Å².